The number of nitrogens with zero attached hydrogens (tertiary/aromatic N) is 2. The average molecular weight is 199 g/mol. The third-order valence-corrected chi connectivity index (χ3v) is 1.96. The van der Waals surface area contributed by atoms with Crippen LogP contribution in [0.1, 0.15) is 6.92 Å². The summed E-state index contributed by atoms with van der Waals surface area (Å²) in [5, 5.41) is 7.30. The molecule has 5 nitrogen and oxygen atoms in total. The van der Waals surface area contributed by atoms with Crippen LogP contribution in [0.25, 0.3) is 0 Å². The Balaban J connectivity index is 2.37. The van der Waals surface area contributed by atoms with Crippen LogP contribution in [-0.2, 0) is 16.0 Å². The van der Waals surface area contributed by atoms with Gasteiger partial charge in [-0.25, -0.2) is 0 Å². The van der Waals surface area contributed by atoms with Gasteiger partial charge in [0.15, 0.2) is 6.29 Å². The average Bonchev–Trinajstić information content (AvgIpc) is 2.67. The van der Waals surface area contributed by atoms with Crippen LogP contribution in [0.4, 0.5) is 5.69 Å². The molecule has 0 fully saturated rings. The zero-order valence-electron chi connectivity index (χ0n) is 8.86. The van der Waals surface area contributed by atoms with E-state index in [9.17, 15) is 0 Å². The highest BCUT2D eigenvalue weighted by molar-refractivity contribution is 5.37. The fourth-order valence-electron chi connectivity index (χ4n) is 1.09. The molecule has 0 atom stereocenters. The first-order chi connectivity index (χ1) is 6.80. The first-order valence-corrected chi connectivity index (χ1v) is 4.62. The number of rotatable bonds is 6. The summed E-state index contributed by atoms with van der Waals surface area (Å²) in [4.78, 5) is 0. The van der Waals surface area contributed by atoms with Crippen LogP contribution in [0.3, 0.4) is 0 Å². The second-order valence-corrected chi connectivity index (χ2v) is 2.87. The van der Waals surface area contributed by atoms with Crippen LogP contribution < -0.4 is 5.32 Å². The Bertz CT molecular complexity index is 258. The van der Waals surface area contributed by atoms with Crippen molar-refractivity contribution in [3.05, 3.63) is 12.4 Å². The van der Waals surface area contributed by atoms with E-state index in [1.54, 1.807) is 20.4 Å². The third kappa shape index (κ3) is 3.01. The number of aryl methyl sites for hydroxylation is 1. The highest BCUT2D eigenvalue weighted by Crippen LogP contribution is 2.05. The number of nitrogens with one attached hydrogen (secondary N) is 1. The van der Waals surface area contributed by atoms with Crippen molar-refractivity contribution >= 4 is 5.69 Å². The van der Waals surface area contributed by atoms with Crippen molar-refractivity contribution in [2.24, 2.45) is 0 Å². The maximum atomic E-state index is 5.04. The Kier molecular flexibility index (Phi) is 4.42. The Hall–Kier alpha value is -1.07. The second kappa shape index (κ2) is 5.62. The number of hydrogen-bond acceptors (Lipinski definition) is 4. The molecule has 5 heteroatoms. The molecule has 0 aliphatic rings. The van der Waals surface area contributed by atoms with Gasteiger partial charge in [0.1, 0.15) is 0 Å². The fourth-order valence-corrected chi connectivity index (χ4v) is 1.09. The molecular formula is C9H17N3O2. The van der Waals surface area contributed by atoms with Crippen LogP contribution in [0.15, 0.2) is 12.4 Å². The summed E-state index contributed by atoms with van der Waals surface area (Å²) in [6.07, 6.45) is 3.51. The molecule has 0 saturated heterocycles. The van der Waals surface area contributed by atoms with Crippen molar-refractivity contribution in [1.29, 1.82) is 0 Å². The van der Waals surface area contributed by atoms with Crippen LogP contribution in [0.5, 0.6) is 0 Å². The second-order valence-electron chi connectivity index (χ2n) is 2.87. The van der Waals surface area contributed by atoms with Gasteiger partial charge in [0.25, 0.3) is 0 Å². The maximum Gasteiger partial charge on any atom is 0.173 e. The van der Waals surface area contributed by atoms with Gasteiger partial charge in [0.2, 0.25) is 0 Å². The van der Waals surface area contributed by atoms with E-state index < -0.39 is 0 Å². The van der Waals surface area contributed by atoms with E-state index >= 15 is 0 Å². The molecule has 1 N–H and O–H groups in total. The van der Waals surface area contributed by atoms with Crippen molar-refractivity contribution in [2.75, 3.05) is 26.1 Å². The smallest absolute Gasteiger partial charge is 0.173 e. The van der Waals surface area contributed by atoms with Gasteiger partial charge in [-0.1, -0.05) is 0 Å². The van der Waals surface area contributed by atoms with Crippen molar-refractivity contribution in [1.82, 2.24) is 9.78 Å². The van der Waals surface area contributed by atoms with Crippen molar-refractivity contribution in [3.8, 4) is 0 Å². The lowest BCUT2D eigenvalue weighted by Crippen LogP contribution is -2.23. The minimum Gasteiger partial charge on any atom is -0.377 e. The van der Waals surface area contributed by atoms with Gasteiger partial charge in [-0.15, -0.1) is 0 Å². The zero-order chi connectivity index (χ0) is 10.4. The van der Waals surface area contributed by atoms with Crippen LogP contribution in [0, 0.1) is 0 Å². The number of ether oxygens (including phenoxy) is 2. The molecule has 0 amide bonds. The molecule has 1 aromatic rings. The number of aromatic nitrogens is 2. The predicted octanol–water partition coefficient (Wildman–Crippen LogP) is 0.934. The minimum atomic E-state index is -0.222. The lowest BCUT2D eigenvalue weighted by Gasteiger charge is -2.13. The first-order valence-electron chi connectivity index (χ1n) is 4.62. The molecule has 14 heavy (non-hydrogen) atoms. The number of hydrogen-bond donors (Lipinski definition) is 1. The molecule has 0 unspecified atom stereocenters. The highest BCUT2D eigenvalue weighted by Gasteiger charge is 2.04. The summed E-state index contributed by atoms with van der Waals surface area (Å²) in [5.41, 5.74) is 0.978. The van der Waals surface area contributed by atoms with Crippen molar-refractivity contribution in [2.45, 2.75) is 19.8 Å². The van der Waals surface area contributed by atoms with Gasteiger partial charge in [-0.2, -0.15) is 5.10 Å². The number of anilines is 1. The molecule has 1 aromatic heterocycles. The van der Waals surface area contributed by atoms with Crippen molar-refractivity contribution in [3.63, 3.8) is 0 Å². The highest BCUT2D eigenvalue weighted by atomic mass is 16.7. The monoisotopic (exact) mass is 199 g/mol. The van der Waals surface area contributed by atoms with E-state index in [1.807, 2.05) is 17.8 Å². The summed E-state index contributed by atoms with van der Waals surface area (Å²) in [6.45, 7) is 3.53. The van der Waals surface area contributed by atoms with Gasteiger partial charge in [-0.3, -0.25) is 4.68 Å². The quantitative estimate of drug-likeness (QED) is 0.692. The largest absolute Gasteiger partial charge is 0.377 e. The summed E-state index contributed by atoms with van der Waals surface area (Å²) < 4.78 is 11.9. The summed E-state index contributed by atoms with van der Waals surface area (Å²) in [5.74, 6) is 0. The normalized spacial score (nSPS) is 10.9. The van der Waals surface area contributed by atoms with E-state index in [4.69, 9.17) is 9.47 Å². The van der Waals surface area contributed by atoms with Gasteiger partial charge >= 0.3 is 0 Å². The van der Waals surface area contributed by atoms with Gasteiger partial charge in [-0.05, 0) is 6.92 Å². The molecule has 0 spiro atoms. The van der Waals surface area contributed by atoms with Crippen LogP contribution in [-0.4, -0.2) is 36.8 Å². The zero-order valence-corrected chi connectivity index (χ0v) is 8.86. The van der Waals surface area contributed by atoms with E-state index in [0.717, 1.165) is 12.2 Å². The molecule has 80 valence electrons. The standard InChI is InChI=1S/C9H17N3O2/c1-4-12-7-8(5-11-12)10-6-9(13-2)14-3/h5,7,9-10H,4,6H2,1-3H3. The molecule has 0 aliphatic heterocycles. The number of methoxy groups -OCH3 is 2. The molecule has 0 aromatic carbocycles. The van der Waals surface area contributed by atoms with Gasteiger partial charge < -0.3 is 14.8 Å². The molecule has 0 radical (unpaired) electrons. The van der Waals surface area contributed by atoms with Gasteiger partial charge in [0.05, 0.1) is 18.4 Å². The molecule has 0 bridgehead atoms. The predicted molar refractivity (Wildman–Crippen MR) is 54.2 cm³/mol. The Labute approximate surface area is 84.0 Å². The van der Waals surface area contributed by atoms with Gasteiger partial charge in [0, 0.05) is 27.0 Å². The van der Waals surface area contributed by atoms with E-state index in [0.29, 0.717) is 6.54 Å². The topological polar surface area (TPSA) is 48.3 Å². The third-order valence-electron chi connectivity index (χ3n) is 1.96. The summed E-state index contributed by atoms with van der Waals surface area (Å²) >= 11 is 0. The molecule has 1 rings (SSSR count). The lowest BCUT2D eigenvalue weighted by atomic mass is 10.5. The Morgan fingerprint density at radius 2 is 2.21 bits per heavy atom. The molecule has 0 aliphatic carbocycles. The van der Waals surface area contributed by atoms with Crippen LogP contribution >= 0.6 is 0 Å². The summed E-state index contributed by atoms with van der Waals surface area (Å²) in [6, 6.07) is 0. The molecule has 1 heterocycles. The SMILES string of the molecule is CCn1cc(NCC(OC)OC)cn1. The van der Waals surface area contributed by atoms with E-state index in [2.05, 4.69) is 10.4 Å². The summed E-state index contributed by atoms with van der Waals surface area (Å²) in [7, 11) is 3.23. The van der Waals surface area contributed by atoms with Crippen LogP contribution in [0.2, 0.25) is 0 Å². The lowest BCUT2D eigenvalue weighted by molar-refractivity contribution is -0.0914. The maximum absolute atomic E-state index is 5.04. The van der Waals surface area contributed by atoms with E-state index in [1.165, 1.54) is 0 Å². The van der Waals surface area contributed by atoms with E-state index in [-0.39, 0.29) is 6.29 Å². The molecule has 0 saturated carbocycles. The Morgan fingerprint density at radius 3 is 2.71 bits per heavy atom. The first kappa shape index (κ1) is 11.0. The Morgan fingerprint density at radius 1 is 1.50 bits per heavy atom. The molecular weight excluding hydrogens is 182 g/mol. The minimum absolute atomic E-state index is 0.222. The fraction of sp³-hybridized carbons (Fsp3) is 0.667. The van der Waals surface area contributed by atoms with Crippen molar-refractivity contribution < 1.29 is 9.47 Å².